The SMILES string of the molecule is COc1ccccc1C(=O)NCCN(C(C)=O)c1ccc(Cl)cc1Cl. The van der Waals surface area contributed by atoms with Gasteiger partial charge in [-0.2, -0.15) is 0 Å². The summed E-state index contributed by atoms with van der Waals surface area (Å²) >= 11 is 12.0. The maximum atomic E-state index is 12.3. The van der Waals surface area contributed by atoms with Gasteiger partial charge in [0.25, 0.3) is 5.91 Å². The van der Waals surface area contributed by atoms with E-state index in [1.165, 1.54) is 18.9 Å². The monoisotopic (exact) mass is 380 g/mol. The number of hydrogen-bond acceptors (Lipinski definition) is 3. The van der Waals surface area contributed by atoms with Crippen molar-refractivity contribution in [3.63, 3.8) is 0 Å². The second-order valence-electron chi connectivity index (χ2n) is 5.22. The van der Waals surface area contributed by atoms with Crippen LogP contribution in [0.25, 0.3) is 0 Å². The highest BCUT2D eigenvalue weighted by molar-refractivity contribution is 6.36. The molecule has 0 aliphatic heterocycles. The van der Waals surface area contributed by atoms with Crippen LogP contribution in [-0.2, 0) is 4.79 Å². The van der Waals surface area contributed by atoms with Crippen LogP contribution in [-0.4, -0.2) is 32.0 Å². The van der Waals surface area contributed by atoms with Gasteiger partial charge in [-0.05, 0) is 30.3 Å². The number of halogens is 2. The van der Waals surface area contributed by atoms with Crippen molar-refractivity contribution in [1.82, 2.24) is 5.32 Å². The second kappa shape index (κ2) is 8.74. The fourth-order valence-electron chi connectivity index (χ4n) is 2.36. The molecule has 2 rings (SSSR count). The zero-order valence-electron chi connectivity index (χ0n) is 13.9. The van der Waals surface area contributed by atoms with E-state index in [0.29, 0.717) is 27.0 Å². The molecule has 0 heterocycles. The second-order valence-corrected chi connectivity index (χ2v) is 6.07. The Morgan fingerprint density at radius 3 is 2.52 bits per heavy atom. The quantitative estimate of drug-likeness (QED) is 0.829. The number of rotatable bonds is 6. The highest BCUT2D eigenvalue weighted by Gasteiger charge is 2.16. The summed E-state index contributed by atoms with van der Waals surface area (Å²) in [5, 5.41) is 3.64. The lowest BCUT2D eigenvalue weighted by molar-refractivity contribution is -0.116. The van der Waals surface area contributed by atoms with Gasteiger partial charge in [0.2, 0.25) is 5.91 Å². The number of para-hydroxylation sites is 1. The van der Waals surface area contributed by atoms with Crippen molar-refractivity contribution < 1.29 is 14.3 Å². The van der Waals surface area contributed by atoms with Gasteiger partial charge in [-0.25, -0.2) is 0 Å². The number of nitrogens with one attached hydrogen (secondary N) is 1. The Bertz CT molecular complexity index is 781. The minimum atomic E-state index is -0.275. The van der Waals surface area contributed by atoms with Crippen molar-refractivity contribution >= 4 is 40.7 Å². The van der Waals surface area contributed by atoms with E-state index in [1.807, 2.05) is 0 Å². The first-order valence-corrected chi connectivity index (χ1v) is 8.34. The van der Waals surface area contributed by atoms with E-state index in [1.54, 1.807) is 42.5 Å². The number of nitrogens with zero attached hydrogens (tertiary/aromatic N) is 1. The van der Waals surface area contributed by atoms with Crippen LogP contribution >= 0.6 is 23.2 Å². The molecule has 132 valence electrons. The summed E-state index contributed by atoms with van der Waals surface area (Å²) in [5.41, 5.74) is 0.981. The highest BCUT2D eigenvalue weighted by Crippen LogP contribution is 2.28. The Morgan fingerprint density at radius 2 is 1.88 bits per heavy atom. The molecule has 0 atom stereocenters. The average Bonchev–Trinajstić information content (AvgIpc) is 2.59. The Balaban J connectivity index is 2.05. The molecule has 2 aromatic carbocycles. The zero-order valence-corrected chi connectivity index (χ0v) is 15.4. The maximum Gasteiger partial charge on any atom is 0.255 e. The van der Waals surface area contributed by atoms with Gasteiger partial charge in [0.1, 0.15) is 5.75 Å². The summed E-state index contributed by atoms with van der Waals surface area (Å²) in [6.45, 7) is 1.97. The Kier molecular flexibility index (Phi) is 6.67. The molecule has 0 saturated heterocycles. The van der Waals surface area contributed by atoms with Gasteiger partial charge < -0.3 is 15.0 Å². The molecule has 0 unspecified atom stereocenters. The largest absolute Gasteiger partial charge is 0.496 e. The molecule has 2 amide bonds. The number of benzene rings is 2. The van der Waals surface area contributed by atoms with Crippen LogP contribution in [0.2, 0.25) is 10.0 Å². The normalized spacial score (nSPS) is 10.2. The fourth-order valence-corrected chi connectivity index (χ4v) is 2.87. The van der Waals surface area contributed by atoms with Crippen LogP contribution in [0.1, 0.15) is 17.3 Å². The first kappa shape index (κ1) is 19.1. The van der Waals surface area contributed by atoms with Crippen LogP contribution in [0.3, 0.4) is 0 Å². The molecule has 0 fully saturated rings. The van der Waals surface area contributed by atoms with Crippen molar-refractivity contribution in [2.75, 3.05) is 25.1 Å². The minimum absolute atomic E-state index is 0.184. The number of methoxy groups -OCH3 is 1. The standard InChI is InChI=1S/C18H18Cl2N2O3/c1-12(23)22(16-8-7-13(19)11-15(16)20)10-9-21-18(24)14-5-3-4-6-17(14)25-2/h3-8,11H,9-10H2,1-2H3,(H,21,24). The number of carbonyl (C=O) groups is 2. The van der Waals surface area contributed by atoms with Crippen LogP contribution < -0.4 is 15.0 Å². The molecule has 0 bridgehead atoms. The van der Waals surface area contributed by atoms with E-state index in [9.17, 15) is 9.59 Å². The third kappa shape index (κ3) is 4.87. The van der Waals surface area contributed by atoms with E-state index in [2.05, 4.69) is 5.32 Å². The molecule has 2 aromatic rings. The van der Waals surface area contributed by atoms with E-state index < -0.39 is 0 Å². The molecular weight excluding hydrogens is 363 g/mol. The third-order valence-corrected chi connectivity index (χ3v) is 4.09. The van der Waals surface area contributed by atoms with Crippen molar-refractivity contribution in [3.05, 3.63) is 58.1 Å². The fraction of sp³-hybridized carbons (Fsp3) is 0.222. The molecule has 25 heavy (non-hydrogen) atoms. The van der Waals surface area contributed by atoms with Crippen LogP contribution in [0.15, 0.2) is 42.5 Å². The third-order valence-electron chi connectivity index (χ3n) is 3.55. The molecule has 0 aromatic heterocycles. The average molecular weight is 381 g/mol. The van der Waals surface area contributed by atoms with E-state index in [4.69, 9.17) is 27.9 Å². The summed E-state index contributed by atoms with van der Waals surface area (Å²) in [7, 11) is 1.51. The predicted octanol–water partition coefficient (Wildman–Crippen LogP) is 3.78. The van der Waals surface area contributed by atoms with Crippen molar-refractivity contribution in [2.45, 2.75) is 6.92 Å². The van der Waals surface area contributed by atoms with Crippen LogP contribution in [0.4, 0.5) is 5.69 Å². The lowest BCUT2D eigenvalue weighted by Crippen LogP contribution is -2.37. The lowest BCUT2D eigenvalue weighted by Gasteiger charge is -2.22. The number of ether oxygens (including phenoxy) is 1. The van der Waals surface area contributed by atoms with Crippen molar-refractivity contribution in [1.29, 1.82) is 0 Å². The van der Waals surface area contributed by atoms with Gasteiger partial charge >= 0.3 is 0 Å². The molecule has 0 saturated carbocycles. The molecule has 0 spiro atoms. The smallest absolute Gasteiger partial charge is 0.255 e. The molecule has 1 N–H and O–H groups in total. The summed E-state index contributed by atoms with van der Waals surface area (Å²) in [6.07, 6.45) is 0. The molecule has 0 aliphatic rings. The summed E-state index contributed by atoms with van der Waals surface area (Å²) < 4.78 is 5.17. The van der Waals surface area contributed by atoms with Crippen LogP contribution in [0, 0.1) is 0 Å². The molecular formula is C18H18Cl2N2O3. The first-order chi connectivity index (χ1) is 11.9. The topological polar surface area (TPSA) is 58.6 Å². The van der Waals surface area contributed by atoms with E-state index >= 15 is 0 Å². The van der Waals surface area contributed by atoms with Gasteiger partial charge in [-0.15, -0.1) is 0 Å². The van der Waals surface area contributed by atoms with Gasteiger partial charge in [0, 0.05) is 25.0 Å². The van der Waals surface area contributed by atoms with Gasteiger partial charge in [-0.3, -0.25) is 9.59 Å². The Labute approximate surface area is 156 Å². The lowest BCUT2D eigenvalue weighted by atomic mass is 10.2. The van der Waals surface area contributed by atoms with Gasteiger partial charge in [-0.1, -0.05) is 35.3 Å². The van der Waals surface area contributed by atoms with Gasteiger partial charge in [0.15, 0.2) is 0 Å². The number of carbonyl (C=O) groups excluding carboxylic acids is 2. The Hall–Kier alpha value is -2.24. The van der Waals surface area contributed by atoms with Crippen molar-refractivity contribution in [2.24, 2.45) is 0 Å². The molecule has 5 nitrogen and oxygen atoms in total. The summed E-state index contributed by atoms with van der Waals surface area (Å²) in [6, 6.07) is 11.8. The summed E-state index contributed by atoms with van der Waals surface area (Å²) in [5.74, 6) is 0.0306. The number of anilines is 1. The van der Waals surface area contributed by atoms with Crippen molar-refractivity contribution in [3.8, 4) is 5.75 Å². The van der Waals surface area contributed by atoms with Crippen LogP contribution in [0.5, 0.6) is 5.75 Å². The zero-order chi connectivity index (χ0) is 18.4. The maximum absolute atomic E-state index is 12.3. The van der Waals surface area contributed by atoms with Gasteiger partial charge in [0.05, 0.1) is 23.4 Å². The Morgan fingerprint density at radius 1 is 1.16 bits per heavy atom. The minimum Gasteiger partial charge on any atom is -0.496 e. The summed E-state index contributed by atoms with van der Waals surface area (Å²) in [4.78, 5) is 25.7. The molecule has 7 heteroatoms. The van der Waals surface area contributed by atoms with E-state index in [0.717, 1.165) is 0 Å². The molecule has 0 radical (unpaired) electrons. The molecule has 0 aliphatic carbocycles. The number of amides is 2. The number of hydrogen-bond donors (Lipinski definition) is 1. The highest BCUT2D eigenvalue weighted by atomic mass is 35.5. The predicted molar refractivity (Wildman–Crippen MR) is 99.8 cm³/mol. The first-order valence-electron chi connectivity index (χ1n) is 7.58. The van der Waals surface area contributed by atoms with E-state index in [-0.39, 0.29) is 24.9 Å².